The van der Waals surface area contributed by atoms with Crippen LogP contribution in [0.4, 0.5) is 0 Å². The molecule has 0 amide bonds. The summed E-state index contributed by atoms with van der Waals surface area (Å²) in [6.07, 6.45) is 2.49. The summed E-state index contributed by atoms with van der Waals surface area (Å²) in [6, 6.07) is 2.02. The van der Waals surface area contributed by atoms with Gasteiger partial charge < -0.3 is 4.74 Å². The summed E-state index contributed by atoms with van der Waals surface area (Å²) in [7, 11) is 0. The molecule has 0 aromatic rings. The fourth-order valence-corrected chi connectivity index (χ4v) is 1.37. The van der Waals surface area contributed by atoms with E-state index in [1.807, 2.05) is 19.9 Å². The number of hydrogen-bond acceptors (Lipinski definition) is 3. The fraction of sp³-hybridized carbons (Fsp3) is 0.636. The van der Waals surface area contributed by atoms with Crippen molar-refractivity contribution in [3.05, 3.63) is 11.6 Å². The standard InChI is InChI=1S/C11H17NO2/c1-5-9(6-2)11(4,8-12)10(13)14-7-3/h5H,6-7H2,1-4H3/b9-5-/t11-/m1/s1. The Morgan fingerprint density at radius 2 is 2.14 bits per heavy atom. The van der Waals surface area contributed by atoms with Gasteiger partial charge in [0, 0.05) is 0 Å². The molecule has 0 radical (unpaired) electrons. The molecule has 0 saturated carbocycles. The van der Waals surface area contributed by atoms with Crippen LogP contribution < -0.4 is 0 Å². The maximum Gasteiger partial charge on any atom is 0.330 e. The van der Waals surface area contributed by atoms with Crippen LogP contribution in [-0.2, 0) is 9.53 Å². The van der Waals surface area contributed by atoms with Crippen molar-refractivity contribution in [3.63, 3.8) is 0 Å². The van der Waals surface area contributed by atoms with Gasteiger partial charge in [-0.1, -0.05) is 13.0 Å². The summed E-state index contributed by atoms with van der Waals surface area (Å²) in [5, 5.41) is 9.02. The van der Waals surface area contributed by atoms with Crippen molar-refractivity contribution in [1.82, 2.24) is 0 Å². The lowest BCUT2D eigenvalue weighted by molar-refractivity contribution is -0.149. The van der Waals surface area contributed by atoms with E-state index in [0.717, 1.165) is 5.57 Å². The van der Waals surface area contributed by atoms with Gasteiger partial charge in [-0.05, 0) is 32.8 Å². The van der Waals surface area contributed by atoms with Gasteiger partial charge >= 0.3 is 5.97 Å². The van der Waals surface area contributed by atoms with Crippen molar-refractivity contribution in [2.45, 2.75) is 34.1 Å². The fourth-order valence-electron chi connectivity index (χ4n) is 1.37. The summed E-state index contributed by atoms with van der Waals surface area (Å²) in [6.45, 7) is 7.38. The number of allylic oxidation sites excluding steroid dienone is 1. The number of esters is 1. The van der Waals surface area contributed by atoms with Gasteiger partial charge in [-0.2, -0.15) is 5.26 Å². The highest BCUT2D eigenvalue weighted by Crippen LogP contribution is 2.29. The molecule has 0 unspecified atom stereocenters. The third kappa shape index (κ3) is 2.35. The van der Waals surface area contributed by atoms with Crippen LogP contribution in [0.3, 0.4) is 0 Å². The third-order valence-corrected chi connectivity index (χ3v) is 2.28. The van der Waals surface area contributed by atoms with E-state index in [2.05, 4.69) is 0 Å². The molecule has 3 nitrogen and oxygen atoms in total. The highest BCUT2D eigenvalue weighted by Gasteiger charge is 2.37. The summed E-state index contributed by atoms with van der Waals surface area (Å²) >= 11 is 0. The molecule has 78 valence electrons. The summed E-state index contributed by atoms with van der Waals surface area (Å²) in [5.41, 5.74) is -0.321. The molecule has 14 heavy (non-hydrogen) atoms. The quantitative estimate of drug-likeness (QED) is 0.511. The lowest BCUT2D eigenvalue weighted by Gasteiger charge is -2.21. The van der Waals surface area contributed by atoms with Crippen molar-refractivity contribution in [2.24, 2.45) is 5.41 Å². The van der Waals surface area contributed by atoms with Crippen LogP contribution in [0.1, 0.15) is 34.1 Å². The van der Waals surface area contributed by atoms with Gasteiger partial charge in [-0.15, -0.1) is 0 Å². The first-order valence-electron chi connectivity index (χ1n) is 4.80. The first-order valence-corrected chi connectivity index (χ1v) is 4.80. The monoisotopic (exact) mass is 195 g/mol. The van der Waals surface area contributed by atoms with Crippen LogP contribution in [0.2, 0.25) is 0 Å². The Morgan fingerprint density at radius 3 is 2.43 bits per heavy atom. The Labute approximate surface area is 85.4 Å². The Morgan fingerprint density at radius 1 is 1.57 bits per heavy atom. The number of ether oxygens (including phenoxy) is 1. The van der Waals surface area contributed by atoms with E-state index in [-0.39, 0.29) is 0 Å². The van der Waals surface area contributed by atoms with Crippen molar-refractivity contribution < 1.29 is 9.53 Å². The van der Waals surface area contributed by atoms with Crippen LogP contribution in [-0.4, -0.2) is 12.6 Å². The molecule has 1 atom stereocenters. The zero-order valence-electron chi connectivity index (χ0n) is 9.26. The molecule has 0 rings (SSSR count). The minimum Gasteiger partial charge on any atom is -0.465 e. The van der Waals surface area contributed by atoms with E-state index in [1.54, 1.807) is 19.9 Å². The van der Waals surface area contributed by atoms with Crippen LogP contribution in [0.15, 0.2) is 11.6 Å². The number of nitriles is 1. The summed E-state index contributed by atoms with van der Waals surface area (Å²) < 4.78 is 4.88. The van der Waals surface area contributed by atoms with E-state index in [9.17, 15) is 4.79 Å². The lowest BCUT2D eigenvalue weighted by Crippen LogP contribution is -2.30. The molecule has 0 spiro atoms. The Hall–Kier alpha value is -1.30. The first-order chi connectivity index (χ1) is 6.56. The average Bonchev–Trinajstić information content (AvgIpc) is 2.19. The highest BCUT2D eigenvalue weighted by atomic mass is 16.5. The smallest absolute Gasteiger partial charge is 0.330 e. The molecule has 0 aliphatic rings. The van der Waals surface area contributed by atoms with Gasteiger partial charge in [0.15, 0.2) is 5.41 Å². The van der Waals surface area contributed by atoms with E-state index in [1.165, 1.54) is 0 Å². The molecule has 0 aromatic heterocycles. The number of carbonyl (C=O) groups excluding carboxylic acids is 1. The van der Waals surface area contributed by atoms with Gasteiger partial charge in [-0.25, -0.2) is 4.79 Å². The topological polar surface area (TPSA) is 50.1 Å². The normalized spacial score (nSPS) is 15.5. The predicted octanol–water partition coefficient (Wildman–Crippen LogP) is 2.44. The molecule has 0 bridgehead atoms. The molecule has 0 heterocycles. The van der Waals surface area contributed by atoms with E-state index in [0.29, 0.717) is 13.0 Å². The third-order valence-electron chi connectivity index (χ3n) is 2.28. The minimum atomic E-state index is -1.13. The van der Waals surface area contributed by atoms with Crippen LogP contribution >= 0.6 is 0 Å². The Balaban J connectivity index is 4.99. The number of carbonyl (C=O) groups is 1. The predicted molar refractivity (Wildman–Crippen MR) is 54.4 cm³/mol. The first kappa shape index (κ1) is 12.7. The molecular formula is C11H17NO2. The zero-order chi connectivity index (χ0) is 11.2. The van der Waals surface area contributed by atoms with Gasteiger partial charge in [0.1, 0.15) is 0 Å². The average molecular weight is 195 g/mol. The Bertz CT molecular complexity index is 276. The maximum atomic E-state index is 11.6. The molecule has 0 aliphatic carbocycles. The van der Waals surface area contributed by atoms with Gasteiger partial charge in [-0.3, -0.25) is 0 Å². The maximum absolute atomic E-state index is 11.6. The molecular weight excluding hydrogens is 178 g/mol. The second-order valence-electron chi connectivity index (χ2n) is 3.12. The van der Waals surface area contributed by atoms with Crippen LogP contribution in [0.25, 0.3) is 0 Å². The van der Waals surface area contributed by atoms with E-state index < -0.39 is 11.4 Å². The van der Waals surface area contributed by atoms with Crippen LogP contribution in [0, 0.1) is 16.7 Å². The van der Waals surface area contributed by atoms with Gasteiger partial charge in [0.2, 0.25) is 0 Å². The zero-order valence-corrected chi connectivity index (χ0v) is 9.26. The van der Waals surface area contributed by atoms with Crippen molar-refractivity contribution in [1.29, 1.82) is 5.26 Å². The van der Waals surface area contributed by atoms with Crippen molar-refractivity contribution in [2.75, 3.05) is 6.61 Å². The molecule has 0 aliphatic heterocycles. The van der Waals surface area contributed by atoms with Crippen molar-refractivity contribution in [3.8, 4) is 6.07 Å². The lowest BCUT2D eigenvalue weighted by atomic mass is 9.82. The van der Waals surface area contributed by atoms with Gasteiger partial charge in [0.25, 0.3) is 0 Å². The molecule has 0 N–H and O–H groups in total. The van der Waals surface area contributed by atoms with Crippen molar-refractivity contribution >= 4 is 5.97 Å². The Kier molecular flexibility index (Phi) is 4.93. The highest BCUT2D eigenvalue weighted by molar-refractivity contribution is 5.83. The molecule has 0 aromatic carbocycles. The molecule has 0 saturated heterocycles. The second-order valence-corrected chi connectivity index (χ2v) is 3.12. The van der Waals surface area contributed by atoms with Gasteiger partial charge in [0.05, 0.1) is 12.7 Å². The minimum absolute atomic E-state index is 0.302. The van der Waals surface area contributed by atoms with Crippen LogP contribution in [0.5, 0.6) is 0 Å². The number of rotatable bonds is 4. The molecule has 0 fully saturated rings. The summed E-state index contributed by atoms with van der Waals surface area (Å²) in [5.74, 6) is -0.461. The summed E-state index contributed by atoms with van der Waals surface area (Å²) in [4.78, 5) is 11.6. The number of nitrogens with zero attached hydrogens (tertiary/aromatic N) is 1. The van der Waals surface area contributed by atoms with E-state index in [4.69, 9.17) is 10.00 Å². The molecule has 3 heteroatoms. The largest absolute Gasteiger partial charge is 0.465 e. The number of hydrogen-bond donors (Lipinski definition) is 0. The SMILES string of the molecule is C/C=C(/CC)[C@@](C)(C#N)C(=O)OCC. The van der Waals surface area contributed by atoms with E-state index >= 15 is 0 Å². The second kappa shape index (κ2) is 5.43.